The average Bonchev–Trinajstić information content (AvgIpc) is 2.76. The van der Waals surface area contributed by atoms with Crippen molar-refractivity contribution >= 4 is 11.8 Å². The maximum Gasteiger partial charge on any atom is 0.239 e. The van der Waals surface area contributed by atoms with Crippen LogP contribution in [0.15, 0.2) is 24.3 Å². The highest BCUT2D eigenvalue weighted by atomic mass is 16.5. The molecule has 2 amide bonds. The van der Waals surface area contributed by atoms with E-state index < -0.39 is 0 Å². The average molecular weight is 406 g/mol. The van der Waals surface area contributed by atoms with Gasteiger partial charge in [-0.25, -0.2) is 0 Å². The second-order valence-corrected chi connectivity index (χ2v) is 7.62. The van der Waals surface area contributed by atoms with Crippen LogP contribution in [0, 0.1) is 5.92 Å². The molecular formula is C22H35N3O4. The molecule has 7 heteroatoms. The van der Waals surface area contributed by atoms with Crippen LogP contribution in [0.3, 0.4) is 0 Å². The summed E-state index contributed by atoms with van der Waals surface area (Å²) >= 11 is 0. The van der Waals surface area contributed by atoms with Gasteiger partial charge in [-0.2, -0.15) is 0 Å². The van der Waals surface area contributed by atoms with E-state index in [9.17, 15) is 9.59 Å². The molecule has 0 spiro atoms. The molecule has 1 aromatic carbocycles. The predicted octanol–water partition coefficient (Wildman–Crippen LogP) is 1.95. The molecule has 0 aliphatic carbocycles. The largest absolute Gasteiger partial charge is 0.492 e. The summed E-state index contributed by atoms with van der Waals surface area (Å²) in [5.41, 5.74) is 0.960. The van der Waals surface area contributed by atoms with Gasteiger partial charge in [-0.15, -0.1) is 0 Å². The molecule has 29 heavy (non-hydrogen) atoms. The van der Waals surface area contributed by atoms with Gasteiger partial charge in [-0.05, 0) is 44.0 Å². The second kappa shape index (κ2) is 12.4. The first kappa shape index (κ1) is 23.2. The summed E-state index contributed by atoms with van der Waals surface area (Å²) in [5, 5.41) is 5.48. The normalized spacial score (nSPS) is 15.7. The number of carbonyl (C=O) groups is 2. The lowest BCUT2D eigenvalue weighted by Gasteiger charge is -2.31. The van der Waals surface area contributed by atoms with Crippen molar-refractivity contribution < 1.29 is 19.1 Å². The Kier molecular flexibility index (Phi) is 9.94. The van der Waals surface area contributed by atoms with E-state index in [4.69, 9.17) is 9.47 Å². The Hall–Kier alpha value is -2.12. The van der Waals surface area contributed by atoms with Crippen molar-refractivity contribution in [1.29, 1.82) is 0 Å². The molecule has 2 rings (SSSR count). The van der Waals surface area contributed by atoms with E-state index in [2.05, 4.69) is 22.6 Å². The van der Waals surface area contributed by atoms with Gasteiger partial charge in [-0.3, -0.25) is 14.5 Å². The molecule has 1 atom stereocenters. The fraction of sp³-hybridized carbons (Fsp3) is 0.636. The van der Waals surface area contributed by atoms with Gasteiger partial charge in [-0.1, -0.05) is 26.0 Å². The van der Waals surface area contributed by atoms with E-state index in [-0.39, 0.29) is 24.3 Å². The van der Waals surface area contributed by atoms with E-state index in [0.29, 0.717) is 19.2 Å². The van der Waals surface area contributed by atoms with Crippen molar-refractivity contribution in [2.45, 2.75) is 45.7 Å². The summed E-state index contributed by atoms with van der Waals surface area (Å²) in [6.45, 7) is 7.35. The van der Waals surface area contributed by atoms with E-state index in [1.807, 2.05) is 38.1 Å². The molecule has 1 unspecified atom stereocenters. The zero-order valence-corrected chi connectivity index (χ0v) is 17.9. The summed E-state index contributed by atoms with van der Waals surface area (Å²) < 4.78 is 11.3. The molecule has 0 radical (unpaired) electrons. The summed E-state index contributed by atoms with van der Waals surface area (Å²) in [4.78, 5) is 26.0. The highest BCUT2D eigenvalue weighted by molar-refractivity contribution is 5.85. The summed E-state index contributed by atoms with van der Waals surface area (Å²) in [6, 6.07) is 8.29. The van der Waals surface area contributed by atoms with Crippen LogP contribution in [0.1, 0.15) is 38.7 Å². The number of benzene rings is 1. The van der Waals surface area contributed by atoms with E-state index in [1.165, 1.54) is 0 Å². The van der Waals surface area contributed by atoms with Crippen LogP contribution in [0.5, 0.6) is 5.75 Å². The van der Waals surface area contributed by atoms with Crippen molar-refractivity contribution in [3.63, 3.8) is 0 Å². The summed E-state index contributed by atoms with van der Waals surface area (Å²) in [5.74, 6) is 0.416. The molecule has 0 bridgehead atoms. The number of rotatable bonds is 11. The molecule has 1 fully saturated rings. The third-order valence-corrected chi connectivity index (χ3v) is 5.40. The van der Waals surface area contributed by atoms with E-state index >= 15 is 0 Å². The van der Waals surface area contributed by atoms with Crippen molar-refractivity contribution in [3.8, 4) is 5.75 Å². The summed E-state index contributed by atoms with van der Waals surface area (Å²) in [7, 11) is 2.13. The Bertz CT molecular complexity index is 647. The highest BCUT2D eigenvalue weighted by Gasteiger charge is 2.18. The van der Waals surface area contributed by atoms with Crippen molar-refractivity contribution in [3.05, 3.63) is 29.8 Å². The van der Waals surface area contributed by atoms with Gasteiger partial charge in [0.15, 0.2) is 0 Å². The minimum absolute atomic E-state index is 0.00208. The number of ether oxygens (including phenoxy) is 2. The van der Waals surface area contributed by atoms with E-state index in [1.54, 1.807) is 0 Å². The molecule has 162 valence electrons. The number of hydrogen-bond donors (Lipinski definition) is 2. The molecule has 1 aliphatic heterocycles. The molecule has 1 heterocycles. The van der Waals surface area contributed by atoms with Gasteiger partial charge in [0, 0.05) is 38.3 Å². The monoisotopic (exact) mass is 405 g/mol. The molecule has 0 saturated carbocycles. The minimum atomic E-state index is -0.203. The Morgan fingerprint density at radius 1 is 1.28 bits per heavy atom. The number of nitrogens with zero attached hydrogens (tertiary/aromatic N) is 1. The van der Waals surface area contributed by atoms with Gasteiger partial charge in [0.2, 0.25) is 11.8 Å². The van der Waals surface area contributed by atoms with Crippen molar-refractivity contribution in [1.82, 2.24) is 15.5 Å². The predicted molar refractivity (Wildman–Crippen MR) is 113 cm³/mol. The standard InChI is InChI=1S/C22H35N3O4/c1-4-17(2)22(27)24-16-21(26)23-15-18-6-5-7-20(14-18)29-13-10-25(3)19-8-11-28-12-9-19/h5-7,14,17,19H,4,8-13,15-16H2,1-3H3,(H,23,26)(H,24,27). The maximum absolute atomic E-state index is 11.9. The fourth-order valence-electron chi connectivity index (χ4n) is 3.15. The van der Waals surface area contributed by atoms with Crippen LogP contribution in [-0.4, -0.2) is 62.7 Å². The lowest BCUT2D eigenvalue weighted by atomic mass is 10.1. The molecule has 1 aliphatic rings. The van der Waals surface area contributed by atoms with Crippen molar-refractivity contribution in [2.75, 3.05) is 40.0 Å². The number of hydrogen-bond acceptors (Lipinski definition) is 5. The third-order valence-electron chi connectivity index (χ3n) is 5.40. The minimum Gasteiger partial charge on any atom is -0.492 e. The van der Waals surface area contributed by atoms with Crippen LogP contribution < -0.4 is 15.4 Å². The number of nitrogens with one attached hydrogen (secondary N) is 2. The van der Waals surface area contributed by atoms with E-state index in [0.717, 1.165) is 50.3 Å². The Morgan fingerprint density at radius 2 is 2.03 bits per heavy atom. The smallest absolute Gasteiger partial charge is 0.239 e. The number of carbonyl (C=O) groups excluding carboxylic acids is 2. The Labute approximate surface area is 174 Å². The Morgan fingerprint density at radius 3 is 2.76 bits per heavy atom. The van der Waals surface area contributed by atoms with Crippen LogP contribution in [-0.2, 0) is 20.9 Å². The van der Waals surface area contributed by atoms with Crippen LogP contribution in [0.2, 0.25) is 0 Å². The topological polar surface area (TPSA) is 79.9 Å². The second-order valence-electron chi connectivity index (χ2n) is 7.62. The van der Waals surface area contributed by atoms with Gasteiger partial charge >= 0.3 is 0 Å². The summed E-state index contributed by atoms with van der Waals surface area (Å²) in [6.07, 6.45) is 2.90. The first-order chi connectivity index (χ1) is 14.0. The zero-order chi connectivity index (χ0) is 21.1. The van der Waals surface area contributed by atoms with Gasteiger partial charge in [0.05, 0.1) is 6.54 Å². The highest BCUT2D eigenvalue weighted by Crippen LogP contribution is 2.15. The molecule has 1 saturated heterocycles. The van der Waals surface area contributed by atoms with Gasteiger partial charge in [0.25, 0.3) is 0 Å². The first-order valence-corrected chi connectivity index (χ1v) is 10.5. The molecular weight excluding hydrogens is 370 g/mol. The van der Waals surface area contributed by atoms with Gasteiger partial charge < -0.3 is 20.1 Å². The number of amides is 2. The van der Waals surface area contributed by atoms with Crippen LogP contribution in [0.4, 0.5) is 0 Å². The van der Waals surface area contributed by atoms with Crippen LogP contribution in [0.25, 0.3) is 0 Å². The molecule has 0 aromatic heterocycles. The van der Waals surface area contributed by atoms with Gasteiger partial charge in [0.1, 0.15) is 12.4 Å². The fourth-order valence-corrected chi connectivity index (χ4v) is 3.15. The van der Waals surface area contributed by atoms with Crippen molar-refractivity contribution in [2.24, 2.45) is 5.92 Å². The molecule has 2 N–H and O–H groups in total. The molecule has 7 nitrogen and oxygen atoms in total. The third kappa shape index (κ3) is 8.41. The lowest BCUT2D eigenvalue weighted by Crippen LogP contribution is -2.38. The SMILES string of the molecule is CCC(C)C(=O)NCC(=O)NCc1cccc(OCCN(C)C2CCOCC2)c1. The molecule has 1 aromatic rings. The first-order valence-electron chi connectivity index (χ1n) is 10.5. The number of likely N-dealkylation sites (N-methyl/N-ethyl adjacent to an activating group) is 1. The maximum atomic E-state index is 11.9. The zero-order valence-electron chi connectivity index (χ0n) is 17.9. The lowest BCUT2D eigenvalue weighted by molar-refractivity contribution is -0.128. The Balaban J connectivity index is 1.69. The quantitative estimate of drug-likeness (QED) is 0.588. The van der Waals surface area contributed by atoms with Crippen LogP contribution >= 0.6 is 0 Å².